The third-order valence-electron chi connectivity index (χ3n) is 3.56. The Hall–Kier alpha value is -2.27. The van der Waals surface area contributed by atoms with E-state index in [9.17, 15) is 0 Å². The summed E-state index contributed by atoms with van der Waals surface area (Å²) in [5, 5.41) is 4.51. The van der Waals surface area contributed by atoms with Crippen molar-refractivity contribution in [2.75, 3.05) is 7.11 Å². The van der Waals surface area contributed by atoms with Crippen molar-refractivity contribution in [1.29, 1.82) is 0 Å². The fraction of sp³-hybridized carbons (Fsp3) is 0.312. The quantitative estimate of drug-likeness (QED) is 0.728. The van der Waals surface area contributed by atoms with Crippen LogP contribution in [0.25, 0.3) is 11.0 Å². The lowest BCUT2D eigenvalue weighted by Gasteiger charge is -2.13. The number of imidazole rings is 1. The zero-order chi connectivity index (χ0) is 14.7. The predicted octanol–water partition coefficient (Wildman–Crippen LogP) is 3.41. The van der Waals surface area contributed by atoms with Gasteiger partial charge in [0.2, 0.25) is 0 Å². The lowest BCUT2D eigenvalue weighted by Crippen LogP contribution is -2.21. The van der Waals surface area contributed by atoms with Gasteiger partial charge in [-0.3, -0.25) is 0 Å². The number of rotatable bonds is 6. The van der Waals surface area contributed by atoms with Crippen LogP contribution in [0.4, 0.5) is 0 Å². The Morgan fingerprint density at radius 3 is 3.05 bits per heavy atom. The summed E-state index contributed by atoms with van der Waals surface area (Å²) >= 11 is 0. The highest BCUT2D eigenvalue weighted by atomic mass is 16.5. The molecule has 3 aromatic rings. The van der Waals surface area contributed by atoms with Crippen LogP contribution in [0.15, 0.2) is 41.1 Å². The largest absolute Gasteiger partial charge is 0.493 e. The number of nitrogens with zero attached hydrogens (tertiary/aromatic N) is 1. The molecule has 1 atom stereocenters. The zero-order valence-electron chi connectivity index (χ0n) is 12.2. The van der Waals surface area contributed by atoms with E-state index in [-0.39, 0.29) is 6.04 Å². The molecule has 0 saturated heterocycles. The predicted molar refractivity (Wildman–Crippen MR) is 81.2 cm³/mol. The topological polar surface area (TPSA) is 63.1 Å². The van der Waals surface area contributed by atoms with Gasteiger partial charge in [0.05, 0.1) is 19.7 Å². The van der Waals surface area contributed by atoms with Gasteiger partial charge in [-0.25, -0.2) is 4.98 Å². The lowest BCUT2D eigenvalue weighted by atomic mass is 10.2. The van der Waals surface area contributed by atoms with Crippen molar-refractivity contribution in [1.82, 2.24) is 15.3 Å². The molecule has 1 aromatic carbocycles. The van der Waals surface area contributed by atoms with Gasteiger partial charge in [0.25, 0.3) is 0 Å². The Labute approximate surface area is 123 Å². The third-order valence-corrected chi connectivity index (χ3v) is 3.56. The van der Waals surface area contributed by atoms with Gasteiger partial charge < -0.3 is 19.5 Å². The highest BCUT2D eigenvalue weighted by molar-refractivity contribution is 5.83. The maximum Gasteiger partial charge on any atom is 0.176 e. The number of hydrogen-bond donors (Lipinski definition) is 2. The van der Waals surface area contributed by atoms with Crippen molar-refractivity contribution in [2.24, 2.45) is 0 Å². The van der Waals surface area contributed by atoms with Crippen molar-refractivity contribution in [3.8, 4) is 5.75 Å². The minimum absolute atomic E-state index is 0.190. The minimum Gasteiger partial charge on any atom is -0.493 e. The molecule has 5 nitrogen and oxygen atoms in total. The van der Waals surface area contributed by atoms with Crippen molar-refractivity contribution < 1.29 is 9.15 Å². The Bertz CT molecular complexity index is 703. The number of benzene rings is 1. The van der Waals surface area contributed by atoms with E-state index in [1.807, 2.05) is 30.5 Å². The van der Waals surface area contributed by atoms with Gasteiger partial charge in [-0.2, -0.15) is 0 Å². The molecule has 3 rings (SSSR count). The fourth-order valence-electron chi connectivity index (χ4n) is 2.46. The maximum atomic E-state index is 5.88. The van der Waals surface area contributed by atoms with E-state index in [4.69, 9.17) is 9.15 Å². The summed E-state index contributed by atoms with van der Waals surface area (Å²) in [5.74, 6) is 2.60. The van der Waals surface area contributed by atoms with Crippen molar-refractivity contribution in [3.63, 3.8) is 0 Å². The SMILES string of the molecule is CCC(NCc1cc2cccc(OC)c2o1)c1ncc[nH]1. The summed E-state index contributed by atoms with van der Waals surface area (Å²) in [6, 6.07) is 8.12. The molecular formula is C16H19N3O2. The van der Waals surface area contributed by atoms with Crippen LogP contribution in [-0.4, -0.2) is 17.1 Å². The van der Waals surface area contributed by atoms with Crippen LogP contribution < -0.4 is 10.1 Å². The average molecular weight is 285 g/mol. The summed E-state index contributed by atoms with van der Waals surface area (Å²) in [5.41, 5.74) is 0.794. The normalized spacial score (nSPS) is 12.7. The van der Waals surface area contributed by atoms with Crippen LogP contribution in [0.2, 0.25) is 0 Å². The van der Waals surface area contributed by atoms with Crippen LogP contribution >= 0.6 is 0 Å². The number of para-hydroxylation sites is 1. The number of ether oxygens (including phenoxy) is 1. The number of H-pyrrole nitrogens is 1. The van der Waals surface area contributed by atoms with Gasteiger partial charge in [-0.05, 0) is 18.6 Å². The third kappa shape index (κ3) is 2.78. The standard InChI is InChI=1S/C16H19N3O2/c1-3-13(16-17-7-8-18-16)19-10-12-9-11-5-4-6-14(20-2)15(11)21-12/h4-9,13,19H,3,10H2,1-2H3,(H,17,18). The molecule has 0 spiro atoms. The average Bonchev–Trinajstić information content (AvgIpc) is 3.16. The fourth-order valence-corrected chi connectivity index (χ4v) is 2.46. The molecule has 0 aliphatic rings. The summed E-state index contributed by atoms with van der Waals surface area (Å²) < 4.78 is 11.2. The van der Waals surface area contributed by atoms with Crippen molar-refractivity contribution >= 4 is 11.0 Å². The monoisotopic (exact) mass is 285 g/mol. The van der Waals surface area contributed by atoms with Gasteiger partial charge in [-0.15, -0.1) is 0 Å². The van der Waals surface area contributed by atoms with E-state index in [0.29, 0.717) is 6.54 Å². The van der Waals surface area contributed by atoms with Gasteiger partial charge in [-0.1, -0.05) is 19.1 Å². The first-order valence-corrected chi connectivity index (χ1v) is 7.10. The van der Waals surface area contributed by atoms with Crippen LogP contribution in [0, 0.1) is 0 Å². The number of fused-ring (bicyclic) bond motifs is 1. The van der Waals surface area contributed by atoms with Gasteiger partial charge in [0.1, 0.15) is 11.6 Å². The Morgan fingerprint density at radius 1 is 1.43 bits per heavy atom. The maximum absolute atomic E-state index is 5.88. The number of methoxy groups -OCH3 is 1. The molecule has 0 amide bonds. The van der Waals surface area contributed by atoms with Crippen LogP contribution in [0.5, 0.6) is 5.75 Å². The second-order valence-corrected chi connectivity index (χ2v) is 4.91. The number of aromatic nitrogens is 2. The summed E-state index contributed by atoms with van der Waals surface area (Å²) in [4.78, 5) is 7.45. The molecule has 5 heteroatoms. The molecule has 21 heavy (non-hydrogen) atoms. The van der Waals surface area contributed by atoms with E-state index >= 15 is 0 Å². The Morgan fingerprint density at radius 2 is 2.33 bits per heavy atom. The molecule has 0 aliphatic carbocycles. The van der Waals surface area contributed by atoms with E-state index < -0.39 is 0 Å². The summed E-state index contributed by atoms with van der Waals surface area (Å²) in [6.07, 6.45) is 4.56. The molecule has 0 saturated carbocycles. The Balaban J connectivity index is 1.76. The molecule has 110 valence electrons. The van der Waals surface area contributed by atoms with Crippen LogP contribution in [0.1, 0.15) is 31.0 Å². The van der Waals surface area contributed by atoms with E-state index in [1.165, 1.54) is 0 Å². The number of nitrogens with one attached hydrogen (secondary N) is 2. The molecule has 2 aromatic heterocycles. The van der Waals surface area contributed by atoms with Gasteiger partial charge >= 0.3 is 0 Å². The van der Waals surface area contributed by atoms with E-state index in [2.05, 4.69) is 22.2 Å². The molecule has 0 radical (unpaired) electrons. The number of furan rings is 1. The molecule has 1 unspecified atom stereocenters. The summed E-state index contributed by atoms with van der Waals surface area (Å²) in [7, 11) is 1.65. The highest BCUT2D eigenvalue weighted by Gasteiger charge is 2.13. The second-order valence-electron chi connectivity index (χ2n) is 4.91. The van der Waals surface area contributed by atoms with Gasteiger partial charge in [0, 0.05) is 17.8 Å². The summed E-state index contributed by atoms with van der Waals surface area (Å²) in [6.45, 7) is 2.78. The smallest absolute Gasteiger partial charge is 0.176 e. The van der Waals surface area contributed by atoms with E-state index in [1.54, 1.807) is 13.3 Å². The first-order chi connectivity index (χ1) is 10.3. The molecule has 0 aliphatic heterocycles. The zero-order valence-corrected chi connectivity index (χ0v) is 12.2. The van der Waals surface area contributed by atoms with Crippen LogP contribution in [-0.2, 0) is 6.54 Å². The second kappa shape index (κ2) is 6.01. The molecule has 0 bridgehead atoms. The molecule has 2 N–H and O–H groups in total. The van der Waals surface area contributed by atoms with Crippen LogP contribution in [0.3, 0.4) is 0 Å². The van der Waals surface area contributed by atoms with E-state index in [0.717, 1.165) is 34.7 Å². The first-order valence-electron chi connectivity index (χ1n) is 7.10. The molecular weight excluding hydrogens is 266 g/mol. The molecule has 0 fully saturated rings. The van der Waals surface area contributed by atoms with Crippen molar-refractivity contribution in [2.45, 2.75) is 25.9 Å². The Kier molecular flexibility index (Phi) is 3.92. The number of hydrogen-bond acceptors (Lipinski definition) is 4. The minimum atomic E-state index is 0.190. The van der Waals surface area contributed by atoms with Gasteiger partial charge in [0.15, 0.2) is 11.3 Å². The first kappa shape index (κ1) is 13.7. The highest BCUT2D eigenvalue weighted by Crippen LogP contribution is 2.28. The molecule has 2 heterocycles. The lowest BCUT2D eigenvalue weighted by molar-refractivity contribution is 0.402. The number of aromatic amines is 1. The van der Waals surface area contributed by atoms with Crippen molar-refractivity contribution in [3.05, 3.63) is 48.2 Å².